The standard InChI is InChI=1S/C12H22N2O4S.ClH/c13-12-9-1-2-10(12)6-14(5-9)19(15,16)8-11-7-17-3-4-18-11;/h9-12H,1-8,13H2;1H/t9-,10+,11?,12?;. The van der Waals surface area contributed by atoms with E-state index >= 15 is 0 Å². The van der Waals surface area contributed by atoms with Crippen molar-refractivity contribution in [2.24, 2.45) is 17.6 Å². The molecular formula is C12H23ClN2O4S. The highest BCUT2D eigenvalue weighted by Crippen LogP contribution is 2.36. The van der Waals surface area contributed by atoms with Gasteiger partial charge in [0.25, 0.3) is 0 Å². The van der Waals surface area contributed by atoms with Gasteiger partial charge in [0, 0.05) is 19.1 Å². The van der Waals surface area contributed by atoms with Crippen LogP contribution in [-0.4, -0.2) is 63.5 Å². The number of hydrogen-bond acceptors (Lipinski definition) is 5. The molecule has 2 N–H and O–H groups in total. The first-order valence-corrected chi connectivity index (χ1v) is 8.60. The van der Waals surface area contributed by atoms with Crippen molar-refractivity contribution in [2.45, 2.75) is 25.0 Å². The molecule has 4 atom stereocenters. The van der Waals surface area contributed by atoms with Crippen molar-refractivity contribution in [3.63, 3.8) is 0 Å². The van der Waals surface area contributed by atoms with Crippen LogP contribution in [0, 0.1) is 11.8 Å². The summed E-state index contributed by atoms with van der Waals surface area (Å²) in [5, 5.41) is 0. The Morgan fingerprint density at radius 1 is 1.15 bits per heavy atom. The molecule has 0 aromatic rings. The predicted octanol–water partition coefficient (Wildman–Crippen LogP) is -0.177. The average molecular weight is 327 g/mol. The molecule has 20 heavy (non-hydrogen) atoms. The minimum atomic E-state index is -3.26. The van der Waals surface area contributed by atoms with Gasteiger partial charge in [-0.2, -0.15) is 0 Å². The number of nitrogens with zero attached hydrogens (tertiary/aromatic N) is 1. The van der Waals surface area contributed by atoms with E-state index in [1.165, 1.54) is 0 Å². The van der Waals surface area contributed by atoms with Gasteiger partial charge < -0.3 is 15.2 Å². The minimum Gasteiger partial charge on any atom is -0.376 e. The number of sulfonamides is 1. The van der Waals surface area contributed by atoms with Crippen molar-refractivity contribution >= 4 is 22.4 Å². The quantitative estimate of drug-likeness (QED) is 0.778. The maximum absolute atomic E-state index is 12.4. The number of rotatable bonds is 3. The van der Waals surface area contributed by atoms with E-state index in [0.29, 0.717) is 44.7 Å². The first-order valence-electron chi connectivity index (χ1n) is 6.99. The fourth-order valence-electron chi connectivity index (χ4n) is 3.42. The lowest BCUT2D eigenvalue weighted by Crippen LogP contribution is -2.52. The lowest BCUT2D eigenvalue weighted by molar-refractivity contribution is -0.0785. The van der Waals surface area contributed by atoms with E-state index in [1.807, 2.05) is 0 Å². The van der Waals surface area contributed by atoms with Gasteiger partial charge in [-0.1, -0.05) is 0 Å². The molecule has 0 radical (unpaired) electrons. The fraction of sp³-hybridized carbons (Fsp3) is 1.00. The van der Waals surface area contributed by atoms with E-state index in [-0.39, 0.29) is 30.3 Å². The summed E-state index contributed by atoms with van der Waals surface area (Å²) in [6.45, 7) is 2.57. The Balaban J connectivity index is 0.00000147. The van der Waals surface area contributed by atoms with E-state index in [4.69, 9.17) is 15.2 Å². The number of ether oxygens (including phenoxy) is 2. The summed E-state index contributed by atoms with van der Waals surface area (Å²) in [4.78, 5) is 0. The van der Waals surface area contributed by atoms with Gasteiger partial charge in [0.2, 0.25) is 10.0 Å². The van der Waals surface area contributed by atoms with Gasteiger partial charge in [0.1, 0.15) is 0 Å². The van der Waals surface area contributed by atoms with Crippen molar-refractivity contribution in [3.8, 4) is 0 Å². The fourth-order valence-corrected chi connectivity index (χ4v) is 5.13. The van der Waals surface area contributed by atoms with E-state index in [9.17, 15) is 8.42 Å². The largest absolute Gasteiger partial charge is 0.376 e. The van der Waals surface area contributed by atoms with Crippen LogP contribution in [0.25, 0.3) is 0 Å². The molecule has 0 spiro atoms. The molecule has 0 aromatic carbocycles. The van der Waals surface area contributed by atoms with Gasteiger partial charge in [0.15, 0.2) is 0 Å². The average Bonchev–Trinajstić information content (AvgIpc) is 2.62. The van der Waals surface area contributed by atoms with Crippen LogP contribution >= 0.6 is 12.4 Å². The van der Waals surface area contributed by atoms with Crippen molar-refractivity contribution in [3.05, 3.63) is 0 Å². The predicted molar refractivity (Wildman–Crippen MR) is 77.4 cm³/mol. The molecule has 0 amide bonds. The second-order valence-corrected chi connectivity index (χ2v) is 7.85. The molecule has 2 aliphatic heterocycles. The van der Waals surface area contributed by atoms with Crippen molar-refractivity contribution < 1.29 is 17.9 Å². The second-order valence-electron chi connectivity index (χ2n) is 5.84. The van der Waals surface area contributed by atoms with Gasteiger partial charge in [0.05, 0.1) is 31.7 Å². The molecular weight excluding hydrogens is 304 g/mol. The normalized spacial score (nSPS) is 38.5. The summed E-state index contributed by atoms with van der Waals surface area (Å²) >= 11 is 0. The van der Waals surface area contributed by atoms with Gasteiger partial charge in [-0.15, -0.1) is 12.4 Å². The zero-order chi connectivity index (χ0) is 13.5. The Hall–Kier alpha value is 0.0800. The third-order valence-electron chi connectivity index (χ3n) is 4.55. The van der Waals surface area contributed by atoms with Crippen LogP contribution in [0.5, 0.6) is 0 Å². The highest BCUT2D eigenvalue weighted by Gasteiger charge is 2.43. The van der Waals surface area contributed by atoms with Crippen LogP contribution in [0.2, 0.25) is 0 Å². The Morgan fingerprint density at radius 2 is 1.80 bits per heavy atom. The van der Waals surface area contributed by atoms with Crippen molar-refractivity contribution in [1.29, 1.82) is 0 Å². The van der Waals surface area contributed by atoms with Gasteiger partial charge >= 0.3 is 0 Å². The first-order chi connectivity index (χ1) is 9.06. The Kier molecular flexibility index (Phi) is 5.31. The summed E-state index contributed by atoms with van der Waals surface area (Å²) in [5.41, 5.74) is 6.11. The van der Waals surface area contributed by atoms with Gasteiger partial charge in [-0.3, -0.25) is 0 Å². The maximum atomic E-state index is 12.4. The minimum absolute atomic E-state index is 0. The Bertz CT molecular complexity index is 413. The van der Waals surface area contributed by atoms with E-state index in [2.05, 4.69) is 0 Å². The maximum Gasteiger partial charge on any atom is 0.216 e. The number of piperidine rings is 1. The van der Waals surface area contributed by atoms with Crippen molar-refractivity contribution in [2.75, 3.05) is 38.7 Å². The van der Waals surface area contributed by atoms with Crippen molar-refractivity contribution in [1.82, 2.24) is 4.31 Å². The third kappa shape index (κ3) is 3.28. The smallest absolute Gasteiger partial charge is 0.216 e. The molecule has 2 unspecified atom stereocenters. The number of halogens is 1. The molecule has 3 rings (SSSR count). The molecule has 0 aromatic heterocycles. The van der Waals surface area contributed by atoms with Crippen LogP contribution in [-0.2, 0) is 19.5 Å². The van der Waals surface area contributed by atoms with E-state index in [0.717, 1.165) is 12.8 Å². The molecule has 2 saturated heterocycles. The molecule has 6 nitrogen and oxygen atoms in total. The SMILES string of the molecule is Cl.NC1[C@@H]2CC[C@H]1CN(S(=O)(=O)CC1COCCO1)C2. The van der Waals surface area contributed by atoms with E-state index in [1.54, 1.807) is 4.31 Å². The first kappa shape index (κ1) is 16.5. The van der Waals surface area contributed by atoms with Crippen LogP contribution in [0.4, 0.5) is 0 Å². The van der Waals surface area contributed by atoms with Gasteiger partial charge in [-0.05, 0) is 24.7 Å². The summed E-state index contributed by atoms with van der Waals surface area (Å²) in [7, 11) is -3.26. The Labute approximate surface area is 126 Å². The molecule has 3 fully saturated rings. The number of fused-ring (bicyclic) bond motifs is 2. The second kappa shape index (κ2) is 6.46. The van der Waals surface area contributed by atoms with Crippen LogP contribution in [0.3, 0.4) is 0 Å². The molecule has 2 heterocycles. The molecule has 8 heteroatoms. The molecule has 1 saturated carbocycles. The third-order valence-corrected chi connectivity index (χ3v) is 6.43. The molecule has 118 valence electrons. The zero-order valence-electron chi connectivity index (χ0n) is 11.4. The number of nitrogens with two attached hydrogens (primary N) is 1. The topological polar surface area (TPSA) is 81.9 Å². The highest BCUT2D eigenvalue weighted by molar-refractivity contribution is 7.89. The lowest BCUT2D eigenvalue weighted by Gasteiger charge is -2.36. The highest BCUT2D eigenvalue weighted by atomic mass is 35.5. The Morgan fingerprint density at radius 3 is 2.35 bits per heavy atom. The molecule has 2 bridgehead atoms. The summed E-state index contributed by atoms with van der Waals surface area (Å²) < 4.78 is 37.2. The number of hydrogen-bond donors (Lipinski definition) is 1. The van der Waals surface area contributed by atoms with Crippen LogP contribution in [0.15, 0.2) is 0 Å². The summed E-state index contributed by atoms with van der Waals surface area (Å²) in [6.07, 6.45) is 1.79. The summed E-state index contributed by atoms with van der Waals surface area (Å²) in [6, 6.07) is 0.181. The molecule has 3 aliphatic rings. The van der Waals surface area contributed by atoms with Gasteiger partial charge in [-0.25, -0.2) is 12.7 Å². The molecule has 1 aliphatic carbocycles. The van der Waals surface area contributed by atoms with Crippen LogP contribution in [0.1, 0.15) is 12.8 Å². The van der Waals surface area contributed by atoms with E-state index < -0.39 is 10.0 Å². The van der Waals surface area contributed by atoms with Crippen LogP contribution < -0.4 is 5.73 Å². The zero-order valence-corrected chi connectivity index (χ0v) is 13.1. The lowest BCUT2D eigenvalue weighted by atomic mass is 9.95. The summed E-state index contributed by atoms with van der Waals surface area (Å²) in [5.74, 6) is 0.691. The monoisotopic (exact) mass is 326 g/mol.